The minimum absolute atomic E-state index is 0.178. The van der Waals surface area contributed by atoms with Gasteiger partial charge in [-0.15, -0.1) is 0 Å². The molecule has 1 heterocycles. The molecule has 0 bridgehead atoms. The summed E-state index contributed by atoms with van der Waals surface area (Å²) in [6.45, 7) is 0. The highest BCUT2D eigenvalue weighted by Gasteiger charge is 2.11. The van der Waals surface area contributed by atoms with E-state index in [1.807, 2.05) is 54.6 Å². The van der Waals surface area contributed by atoms with Crippen LogP contribution in [0.5, 0.6) is 0 Å². The van der Waals surface area contributed by atoms with Gasteiger partial charge in [0.05, 0.1) is 5.69 Å². The second-order valence-electron chi connectivity index (χ2n) is 4.93. The summed E-state index contributed by atoms with van der Waals surface area (Å²) in [6, 6.07) is 17.2. The third-order valence-electron chi connectivity index (χ3n) is 3.37. The van der Waals surface area contributed by atoms with E-state index in [1.165, 1.54) is 0 Å². The SMILES string of the molecule is O=c1[nH]c(=S)[nH]c(-c2ccccc2)c1Cc1cccc(Cl)c1. The van der Waals surface area contributed by atoms with E-state index in [0.29, 0.717) is 21.8 Å². The quantitative estimate of drug-likeness (QED) is 0.702. The van der Waals surface area contributed by atoms with Crippen molar-refractivity contribution in [1.29, 1.82) is 0 Å². The van der Waals surface area contributed by atoms with Gasteiger partial charge in [0.15, 0.2) is 4.77 Å². The van der Waals surface area contributed by atoms with Gasteiger partial charge in [0, 0.05) is 17.0 Å². The smallest absolute Gasteiger partial charge is 0.255 e. The molecule has 0 saturated heterocycles. The molecule has 0 atom stereocenters. The zero-order valence-electron chi connectivity index (χ0n) is 11.6. The van der Waals surface area contributed by atoms with Crippen molar-refractivity contribution in [2.75, 3.05) is 0 Å². The maximum absolute atomic E-state index is 12.3. The molecule has 22 heavy (non-hydrogen) atoms. The molecule has 5 heteroatoms. The van der Waals surface area contributed by atoms with Crippen molar-refractivity contribution in [3.63, 3.8) is 0 Å². The molecule has 0 spiro atoms. The molecule has 2 aromatic carbocycles. The molecular formula is C17H13ClN2OS. The van der Waals surface area contributed by atoms with Gasteiger partial charge in [0.1, 0.15) is 0 Å². The van der Waals surface area contributed by atoms with Gasteiger partial charge in [0.25, 0.3) is 5.56 Å². The van der Waals surface area contributed by atoms with Crippen LogP contribution in [-0.4, -0.2) is 9.97 Å². The van der Waals surface area contributed by atoms with Crippen molar-refractivity contribution in [2.45, 2.75) is 6.42 Å². The average Bonchev–Trinajstić information content (AvgIpc) is 2.51. The zero-order chi connectivity index (χ0) is 15.5. The van der Waals surface area contributed by atoms with Crippen LogP contribution in [-0.2, 0) is 6.42 Å². The Kier molecular flexibility index (Phi) is 4.22. The maximum atomic E-state index is 12.3. The highest BCUT2D eigenvalue weighted by atomic mass is 35.5. The van der Waals surface area contributed by atoms with Crippen molar-refractivity contribution < 1.29 is 0 Å². The summed E-state index contributed by atoms with van der Waals surface area (Å²) in [4.78, 5) is 18.1. The molecule has 0 aliphatic carbocycles. The molecular weight excluding hydrogens is 316 g/mol. The molecule has 2 N–H and O–H groups in total. The van der Waals surface area contributed by atoms with E-state index in [2.05, 4.69) is 9.97 Å². The van der Waals surface area contributed by atoms with E-state index in [-0.39, 0.29) is 5.56 Å². The largest absolute Gasteiger partial charge is 0.331 e. The van der Waals surface area contributed by atoms with E-state index in [0.717, 1.165) is 16.8 Å². The van der Waals surface area contributed by atoms with E-state index >= 15 is 0 Å². The second kappa shape index (κ2) is 6.30. The minimum Gasteiger partial charge on any atom is -0.331 e. The standard InChI is InChI=1S/C17H13ClN2OS/c18-13-8-4-5-11(9-13)10-14-15(12-6-2-1-3-7-12)19-17(22)20-16(14)21/h1-9H,10H2,(H2,19,20,21,22). The maximum Gasteiger partial charge on any atom is 0.255 e. The van der Waals surface area contributed by atoms with Gasteiger partial charge in [-0.25, -0.2) is 0 Å². The molecule has 0 aliphatic heterocycles. The first-order chi connectivity index (χ1) is 10.6. The monoisotopic (exact) mass is 328 g/mol. The Morgan fingerprint density at radius 1 is 1.00 bits per heavy atom. The number of benzene rings is 2. The fourth-order valence-corrected chi connectivity index (χ4v) is 2.79. The number of rotatable bonds is 3. The Morgan fingerprint density at radius 2 is 1.77 bits per heavy atom. The fourth-order valence-electron chi connectivity index (χ4n) is 2.38. The summed E-state index contributed by atoms with van der Waals surface area (Å²) in [5, 5.41) is 0.652. The van der Waals surface area contributed by atoms with Crippen LogP contribution in [0.1, 0.15) is 11.1 Å². The van der Waals surface area contributed by atoms with E-state index in [4.69, 9.17) is 23.8 Å². The van der Waals surface area contributed by atoms with Gasteiger partial charge in [-0.2, -0.15) is 0 Å². The van der Waals surface area contributed by atoms with Crippen molar-refractivity contribution >= 4 is 23.8 Å². The second-order valence-corrected chi connectivity index (χ2v) is 5.78. The first-order valence-electron chi connectivity index (χ1n) is 6.79. The Balaban J connectivity index is 2.15. The van der Waals surface area contributed by atoms with Gasteiger partial charge in [0.2, 0.25) is 0 Å². The lowest BCUT2D eigenvalue weighted by molar-refractivity contribution is 1.01. The fraction of sp³-hybridized carbons (Fsp3) is 0.0588. The molecule has 0 radical (unpaired) electrons. The number of nitrogens with one attached hydrogen (secondary N) is 2. The van der Waals surface area contributed by atoms with Crippen molar-refractivity contribution in [3.05, 3.63) is 85.9 Å². The number of aromatic nitrogens is 2. The van der Waals surface area contributed by atoms with Crippen LogP contribution in [0.4, 0.5) is 0 Å². The molecule has 3 nitrogen and oxygen atoms in total. The number of hydrogen-bond acceptors (Lipinski definition) is 2. The first-order valence-corrected chi connectivity index (χ1v) is 7.57. The predicted octanol–water partition coefficient (Wildman–Crippen LogP) is 4.34. The van der Waals surface area contributed by atoms with Crippen LogP contribution in [0.15, 0.2) is 59.4 Å². The van der Waals surface area contributed by atoms with Gasteiger partial charge >= 0.3 is 0 Å². The van der Waals surface area contributed by atoms with E-state index < -0.39 is 0 Å². The minimum atomic E-state index is -0.178. The third kappa shape index (κ3) is 3.18. The van der Waals surface area contributed by atoms with Crippen LogP contribution in [0.25, 0.3) is 11.3 Å². The number of hydrogen-bond donors (Lipinski definition) is 2. The molecule has 0 saturated carbocycles. The summed E-state index contributed by atoms with van der Waals surface area (Å²) < 4.78 is 0.318. The van der Waals surface area contributed by atoms with Crippen molar-refractivity contribution in [2.24, 2.45) is 0 Å². The zero-order valence-corrected chi connectivity index (χ0v) is 13.2. The van der Waals surface area contributed by atoms with E-state index in [9.17, 15) is 4.79 Å². The summed E-state index contributed by atoms with van der Waals surface area (Å²) in [5.41, 5.74) is 3.11. The normalized spacial score (nSPS) is 10.6. The molecule has 0 fully saturated rings. The molecule has 0 unspecified atom stereocenters. The summed E-state index contributed by atoms with van der Waals surface area (Å²) in [5.74, 6) is 0. The van der Waals surface area contributed by atoms with Crippen LogP contribution < -0.4 is 5.56 Å². The molecule has 110 valence electrons. The van der Waals surface area contributed by atoms with Gasteiger partial charge < -0.3 is 4.98 Å². The average molecular weight is 329 g/mol. The topological polar surface area (TPSA) is 48.6 Å². The summed E-state index contributed by atoms with van der Waals surface area (Å²) in [7, 11) is 0. The van der Waals surface area contributed by atoms with Crippen molar-refractivity contribution in [1.82, 2.24) is 9.97 Å². The van der Waals surface area contributed by atoms with Crippen molar-refractivity contribution in [3.8, 4) is 11.3 Å². The Hall–Kier alpha value is -2.17. The molecule has 1 aromatic heterocycles. The lowest BCUT2D eigenvalue weighted by Gasteiger charge is -2.09. The highest BCUT2D eigenvalue weighted by Crippen LogP contribution is 2.21. The third-order valence-corrected chi connectivity index (χ3v) is 3.81. The number of H-pyrrole nitrogens is 2. The summed E-state index contributed by atoms with van der Waals surface area (Å²) in [6.07, 6.45) is 0.478. The predicted molar refractivity (Wildman–Crippen MR) is 91.9 cm³/mol. The van der Waals surface area contributed by atoms with Crippen LogP contribution in [0.2, 0.25) is 5.02 Å². The van der Waals surface area contributed by atoms with Gasteiger partial charge in [-0.3, -0.25) is 9.78 Å². The molecule has 0 aliphatic rings. The first kappa shape index (κ1) is 14.8. The van der Waals surface area contributed by atoms with Crippen LogP contribution in [0.3, 0.4) is 0 Å². The Bertz CT molecular complexity index is 916. The Labute approximate surface area is 137 Å². The summed E-state index contributed by atoms with van der Waals surface area (Å²) >= 11 is 11.1. The lowest BCUT2D eigenvalue weighted by Crippen LogP contribution is -2.16. The van der Waals surface area contributed by atoms with E-state index in [1.54, 1.807) is 0 Å². The van der Waals surface area contributed by atoms with Crippen LogP contribution >= 0.6 is 23.8 Å². The highest BCUT2D eigenvalue weighted by molar-refractivity contribution is 7.71. The Morgan fingerprint density at radius 3 is 2.50 bits per heavy atom. The van der Waals surface area contributed by atoms with Gasteiger partial charge in [-0.05, 0) is 35.5 Å². The number of halogens is 1. The van der Waals surface area contributed by atoms with Crippen LogP contribution in [0, 0.1) is 4.77 Å². The molecule has 3 aromatic rings. The van der Waals surface area contributed by atoms with Gasteiger partial charge in [-0.1, -0.05) is 54.1 Å². The number of aromatic amines is 2. The molecule has 3 rings (SSSR count). The lowest BCUT2D eigenvalue weighted by atomic mass is 10.0. The molecule has 0 amide bonds.